The lowest BCUT2D eigenvalue weighted by molar-refractivity contribution is 0.0485. The van der Waals surface area contributed by atoms with Gasteiger partial charge in [-0.25, -0.2) is 0 Å². The van der Waals surface area contributed by atoms with Crippen molar-refractivity contribution in [3.63, 3.8) is 0 Å². The summed E-state index contributed by atoms with van der Waals surface area (Å²) >= 11 is 0. The molecule has 0 aromatic heterocycles. The van der Waals surface area contributed by atoms with E-state index < -0.39 is 0 Å². The molecule has 0 heterocycles. The number of ether oxygens (including phenoxy) is 2. The maximum absolute atomic E-state index is 6.21. The minimum absolute atomic E-state index is 0.111. The van der Waals surface area contributed by atoms with Crippen molar-refractivity contribution < 1.29 is 9.47 Å². The van der Waals surface area contributed by atoms with Crippen LogP contribution in [0.15, 0.2) is 18.2 Å². The maximum Gasteiger partial charge on any atom is 0.123 e. The van der Waals surface area contributed by atoms with Crippen LogP contribution in [0.2, 0.25) is 0 Å². The quantitative estimate of drug-likeness (QED) is 0.872. The second-order valence-electron chi connectivity index (χ2n) is 5.09. The fourth-order valence-corrected chi connectivity index (χ4v) is 2.53. The minimum Gasteiger partial charge on any atom is -0.496 e. The smallest absolute Gasteiger partial charge is 0.123 e. The van der Waals surface area contributed by atoms with Crippen LogP contribution in [-0.4, -0.2) is 19.8 Å². The van der Waals surface area contributed by atoms with Gasteiger partial charge in [0.05, 0.1) is 25.9 Å². The first kappa shape index (κ1) is 13.4. The molecule has 1 aromatic carbocycles. The first-order chi connectivity index (χ1) is 8.70. The van der Waals surface area contributed by atoms with Crippen LogP contribution in [0.5, 0.6) is 5.75 Å². The van der Waals surface area contributed by atoms with Crippen LogP contribution in [0.25, 0.3) is 0 Å². The Morgan fingerprint density at radius 2 is 2.06 bits per heavy atom. The van der Waals surface area contributed by atoms with Crippen molar-refractivity contribution in [2.45, 2.75) is 44.8 Å². The zero-order valence-corrected chi connectivity index (χ0v) is 11.3. The second-order valence-corrected chi connectivity index (χ2v) is 5.09. The summed E-state index contributed by atoms with van der Waals surface area (Å²) in [4.78, 5) is 0. The molecule has 3 heteroatoms. The molecule has 1 saturated carbocycles. The Hall–Kier alpha value is -1.06. The summed E-state index contributed by atoms with van der Waals surface area (Å²) < 4.78 is 11.2. The Bertz CT molecular complexity index is 386. The van der Waals surface area contributed by atoms with Crippen LogP contribution in [-0.2, 0) is 4.74 Å². The van der Waals surface area contributed by atoms with Crippen LogP contribution < -0.4 is 10.5 Å². The van der Waals surface area contributed by atoms with E-state index in [1.807, 2.05) is 12.1 Å². The van der Waals surface area contributed by atoms with Gasteiger partial charge in [0.2, 0.25) is 0 Å². The number of hydrogen-bond donors (Lipinski definition) is 1. The van der Waals surface area contributed by atoms with Gasteiger partial charge >= 0.3 is 0 Å². The number of aryl methyl sites for hydroxylation is 1. The van der Waals surface area contributed by atoms with Crippen molar-refractivity contribution in [2.24, 2.45) is 5.73 Å². The summed E-state index contributed by atoms with van der Waals surface area (Å²) in [7, 11) is 1.68. The van der Waals surface area contributed by atoms with Gasteiger partial charge in [0.25, 0.3) is 0 Å². The SMILES string of the molecule is COc1ccc(C)cc1C(N)COC1CCCC1. The highest BCUT2D eigenvalue weighted by Crippen LogP contribution is 2.27. The third kappa shape index (κ3) is 3.24. The molecule has 2 N–H and O–H groups in total. The lowest BCUT2D eigenvalue weighted by atomic mass is 10.0. The fraction of sp³-hybridized carbons (Fsp3) is 0.600. The lowest BCUT2D eigenvalue weighted by Gasteiger charge is -2.19. The minimum atomic E-state index is -0.111. The summed E-state index contributed by atoms with van der Waals surface area (Å²) in [5.41, 5.74) is 8.45. The van der Waals surface area contributed by atoms with E-state index >= 15 is 0 Å². The van der Waals surface area contributed by atoms with Gasteiger partial charge in [-0.3, -0.25) is 0 Å². The first-order valence-corrected chi connectivity index (χ1v) is 6.72. The molecular formula is C15H23NO2. The number of nitrogens with two attached hydrogens (primary N) is 1. The Morgan fingerprint density at radius 3 is 2.72 bits per heavy atom. The van der Waals surface area contributed by atoms with Crippen molar-refractivity contribution in [3.8, 4) is 5.75 Å². The zero-order valence-electron chi connectivity index (χ0n) is 11.3. The molecule has 0 saturated heterocycles. The van der Waals surface area contributed by atoms with Gasteiger partial charge in [-0.05, 0) is 25.8 Å². The molecule has 0 spiro atoms. The average molecular weight is 249 g/mol. The lowest BCUT2D eigenvalue weighted by Crippen LogP contribution is -2.21. The highest BCUT2D eigenvalue weighted by atomic mass is 16.5. The summed E-state index contributed by atoms with van der Waals surface area (Å²) in [6.45, 7) is 2.64. The highest BCUT2D eigenvalue weighted by Gasteiger charge is 2.18. The van der Waals surface area contributed by atoms with Gasteiger partial charge in [-0.15, -0.1) is 0 Å². The van der Waals surface area contributed by atoms with E-state index in [1.165, 1.54) is 31.2 Å². The molecule has 0 amide bonds. The van der Waals surface area contributed by atoms with Crippen molar-refractivity contribution >= 4 is 0 Å². The molecule has 0 bridgehead atoms. The Labute approximate surface area is 109 Å². The molecule has 1 aromatic rings. The summed E-state index contributed by atoms with van der Waals surface area (Å²) in [6, 6.07) is 5.98. The van der Waals surface area contributed by atoms with E-state index in [1.54, 1.807) is 7.11 Å². The number of methoxy groups -OCH3 is 1. The van der Waals surface area contributed by atoms with Crippen molar-refractivity contribution in [3.05, 3.63) is 29.3 Å². The van der Waals surface area contributed by atoms with Gasteiger partial charge in [-0.1, -0.05) is 30.5 Å². The van der Waals surface area contributed by atoms with Crippen LogP contribution in [0.4, 0.5) is 0 Å². The standard InChI is InChI=1S/C15H23NO2/c1-11-7-8-15(17-2)13(9-11)14(16)10-18-12-5-3-4-6-12/h7-9,12,14H,3-6,10,16H2,1-2H3. The topological polar surface area (TPSA) is 44.5 Å². The van der Waals surface area contributed by atoms with E-state index in [0.29, 0.717) is 12.7 Å². The molecule has 2 rings (SSSR count). The van der Waals surface area contributed by atoms with Gasteiger partial charge < -0.3 is 15.2 Å². The van der Waals surface area contributed by atoms with Crippen LogP contribution in [0, 0.1) is 6.92 Å². The molecule has 1 aliphatic rings. The van der Waals surface area contributed by atoms with Crippen LogP contribution >= 0.6 is 0 Å². The maximum atomic E-state index is 6.21. The zero-order chi connectivity index (χ0) is 13.0. The molecule has 18 heavy (non-hydrogen) atoms. The molecule has 3 nitrogen and oxygen atoms in total. The fourth-order valence-electron chi connectivity index (χ4n) is 2.53. The molecule has 1 aliphatic carbocycles. The predicted molar refractivity (Wildman–Crippen MR) is 72.9 cm³/mol. The molecular weight excluding hydrogens is 226 g/mol. The first-order valence-electron chi connectivity index (χ1n) is 6.72. The molecule has 100 valence electrons. The van der Waals surface area contributed by atoms with Gasteiger partial charge in [0, 0.05) is 5.56 Å². The van der Waals surface area contributed by atoms with E-state index in [9.17, 15) is 0 Å². The molecule has 1 unspecified atom stereocenters. The summed E-state index contributed by atoms with van der Waals surface area (Å²) in [6.07, 6.45) is 5.34. The van der Waals surface area contributed by atoms with Crippen molar-refractivity contribution in [1.82, 2.24) is 0 Å². The molecule has 0 radical (unpaired) electrons. The average Bonchev–Trinajstić information content (AvgIpc) is 2.89. The number of benzene rings is 1. The normalized spacial score (nSPS) is 17.9. The van der Waals surface area contributed by atoms with E-state index in [-0.39, 0.29) is 6.04 Å². The molecule has 1 atom stereocenters. The Morgan fingerprint density at radius 1 is 1.33 bits per heavy atom. The van der Waals surface area contributed by atoms with E-state index in [2.05, 4.69) is 13.0 Å². The second kappa shape index (κ2) is 6.21. The van der Waals surface area contributed by atoms with Gasteiger partial charge in [0.1, 0.15) is 5.75 Å². The summed E-state index contributed by atoms with van der Waals surface area (Å²) in [5, 5.41) is 0. The Balaban J connectivity index is 1.98. The molecule has 0 aliphatic heterocycles. The third-order valence-corrected chi connectivity index (χ3v) is 3.60. The largest absolute Gasteiger partial charge is 0.496 e. The monoisotopic (exact) mass is 249 g/mol. The summed E-state index contributed by atoms with van der Waals surface area (Å²) in [5.74, 6) is 0.850. The molecule has 1 fully saturated rings. The van der Waals surface area contributed by atoms with Gasteiger partial charge in [-0.2, -0.15) is 0 Å². The third-order valence-electron chi connectivity index (χ3n) is 3.60. The predicted octanol–water partition coefficient (Wildman–Crippen LogP) is 2.96. The number of rotatable bonds is 5. The van der Waals surface area contributed by atoms with Crippen molar-refractivity contribution in [1.29, 1.82) is 0 Å². The Kier molecular flexibility index (Phi) is 4.61. The highest BCUT2D eigenvalue weighted by molar-refractivity contribution is 5.39. The van der Waals surface area contributed by atoms with E-state index in [4.69, 9.17) is 15.2 Å². The van der Waals surface area contributed by atoms with E-state index in [0.717, 1.165) is 11.3 Å². The van der Waals surface area contributed by atoms with Gasteiger partial charge in [0.15, 0.2) is 0 Å². The number of hydrogen-bond acceptors (Lipinski definition) is 3. The van der Waals surface area contributed by atoms with Crippen LogP contribution in [0.1, 0.15) is 42.9 Å². The van der Waals surface area contributed by atoms with Crippen LogP contribution in [0.3, 0.4) is 0 Å². The van der Waals surface area contributed by atoms with Crippen molar-refractivity contribution in [2.75, 3.05) is 13.7 Å².